The van der Waals surface area contributed by atoms with Crippen LogP contribution in [0.15, 0.2) is 34.0 Å². The molecule has 0 aliphatic carbocycles. The lowest BCUT2D eigenvalue weighted by molar-refractivity contribution is 0.0949. The van der Waals surface area contributed by atoms with Crippen LogP contribution in [-0.4, -0.2) is 44.0 Å². The van der Waals surface area contributed by atoms with Crippen LogP contribution >= 0.6 is 0 Å². The molecule has 0 unspecified atom stereocenters. The number of ether oxygens (including phenoxy) is 1. The van der Waals surface area contributed by atoms with Gasteiger partial charge < -0.3 is 10.5 Å². The molecule has 11 heteroatoms. The van der Waals surface area contributed by atoms with Crippen LogP contribution in [0.1, 0.15) is 28.7 Å². The molecule has 3 N–H and O–H groups in total. The molecular weight excluding hydrogens is 340 g/mol. The lowest BCUT2D eigenvalue weighted by Gasteiger charge is -2.02. The summed E-state index contributed by atoms with van der Waals surface area (Å²) in [5.74, 6) is 0.443. The van der Waals surface area contributed by atoms with Gasteiger partial charge in [-0.25, -0.2) is 10.1 Å². The van der Waals surface area contributed by atoms with E-state index < -0.39 is 5.91 Å². The predicted octanol–water partition coefficient (Wildman–Crippen LogP) is 0.704. The van der Waals surface area contributed by atoms with Crippen molar-refractivity contribution >= 4 is 17.9 Å². The number of nitrogens with one attached hydrogen (secondary N) is 1. The van der Waals surface area contributed by atoms with E-state index in [9.17, 15) is 4.79 Å². The van der Waals surface area contributed by atoms with Crippen molar-refractivity contribution in [2.45, 2.75) is 13.8 Å². The summed E-state index contributed by atoms with van der Waals surface area (Å²) in [5.41, 5.74) is 9.31. The molecule has 1 aromatic carbocycles. The van der Waals surface area contributed by atoms with E-state index in [0.29, 0.717) is 12.3 Å². The van der Waals surface area contributed by atoms with Gasteiger partial charge in [-0.05, 0) is 54.0 Å². The minimum absolute atomic E-state index is 0.0403. The van der Waals surface area contributed by atoms with Crippen molar-refractivity contribution in [2.24, 2.45) is 5.10 Å². The van der Waals surface area contributed by atoms with Crippen molar-refractivity contribution in [3.05, 3.63) is 41.2 Å². The number of nitrogens with zero attached hydrogens (tertiary/aromatic N) is 6. The van der Waals surface area contributed by atoms with E-state index in [4.69, 9.17) is 10.5 Å². The molecule has 3 aromatic rings. The predicted molar refractivity (Wildman–Crippen MR) is 91.0 cm³/mol. The van der Waals surface area contributed by atoms with Gasteiger partial charge >= 0.3 is 0 Å². The first-order valence-corrected chi connectivity index (χ1v) is 7.67. The minimum atomic E-state index is -0.522. The zero-order valence-electron chi connectivity index (χ0n) is 14.1. The SMILES string of the molecule is CCOc1ccc(C=NNC(=O)c2nnn(-c3nonc3N)c2C)cc1. The molecule has 0 radical (unpaired) electrons. The summed E-state index contributed by atoms with van der Waals surface area (Å²) in [6.07, 6.45) is 1.51. The number of carbonyl (C=O) groups is 1. The fourth-order valence-corrected chi connectivity index (χ4v) is 2.11. The maximum absolute atomic E-state index is 12.2. The van der Waals surface area contributed by atoms with E-state index in [1.165, 1.54) is 10.9 Å². The maximum atomic E-state index is 12.2. The number of hydrogen-bond acceptors (Lipinski definition) is 9. The molecule has 3 rings (SSSR count). The van der Waals surface area contributed by atoms with Crippen molar-refractivity contribution in [3.63, 3.8) is 0 Å². The Hall–Kier alpha value is -3.76. The van der Waals surface area contributed by atoms with Crippen molar-refractivity contribution in [2.75, 3.05) is 12.3 Å². The average Bonchev–Trinajstić information content (AvgIpc) is 3.22. The highest BCUT2D eigenvalue weighted by molar-refractivity contribution is 5.94. The number of rotatable bonds is 6. The maximum Gasteiger partial charge on any atom is 0.293 e. The van der Waals surface area contributed by atoms with E-state index in [1.807, 2.05) is 31.2 Å². The first kappa shape index (κ1) is 17.1. The Morgan fingerprint density at radius 1 is 1.38 bits per heavy atom. The topological polar surface area (TPSA) is 146 Å². The van der Waals surface area contributed by atoms with Gasteiger partial charge in [-0.15, -0.1) is 5.10 Å². The van der Waals surface area contributed by atoms with Crippen LogP contribution in [0.4, 0.5) is 5.82 Å². The Labute approximate surface area is 147 Å². The van der Waals surface area contributed by atoms with Gasteiger partial charge in [0.1, 0.15) is 5.75 Å². The first-order valence-electron chi connectivity index (χ1n) is 7.67. The van der Waals surface area contributed by atoms with E-state index in [2.05, 4.69) is 35.8 Å². The molecular formula is C15H16N8O3. The summed E-state index contributed by atoms with van der Waals surface area (Å²) in [5, 5.41) is 18.6. The van der Waals surface area contributed by atoms with Gasteiger partial charge in [0, 0.05) is 0 Å². The van der Waals surface area contributed by atoms with E-state index in [-0.39, 0.29) is 17.3 Å². The zero-order chi connectivity index (χ0) is 18.5. The van der Waals surface area contributed by atoms with Gasteiger partial charge in [0.25, 0.3) is 5.91 Å². The van der Waals surface area contributed by atoms with Crippen LogP contribution in [0, 0.1) is 6.92 Å². The highest BCUT2D eigenvalue weighted by Crippen LogP contribution is 2.14. The standard InChI is InChI=1S/C15H16N8O3/c1-3-25-11-6-4-10(5-7-11)8-17-19-15(24)12-9(2)23(22-18-12)14-13(16)20-26-21-14/h4-8H,3H2,1-2H3,(H2,16,20)(H,19,24). The van der Waals surface area contributed by atoms with Crippen molar-refractivity contribution < 1.29 is 14.2 Å². The van der Waals surface area contributed by atoms with Crippen LogP contribution in [0.3, 0.4) is 0 Å². The van der Waals surface area contributed by atoms with Crippen LogP contribution in [0.5, 0.6) is 5.75 Å². The summed E-state index contributed by atoms with van der Waals surface area (Å²) in [7, 11) is 0. The lowest BCUT2D eigenvalue weighted by Crippen LogP contribution is -2.19. The van der Waals surface area contributed by atoms with E-state index in [0.717, 1.165) is 11.3 Å². The Balaban J connectivity index is 1.67. The van der Waals surface area contributed by atoms with Crippen LogP contribution in [-0.2, 0) is 0 Å². The van der Waals surface area contributed by atoms with Crippen LogP contribution in [0.2, 0.25) is 0 Å². The third-order valence-corrected chi connectivity index (χ3v) is 3.38. The van der Waals surface area contributed by atoms with Crippen molar-refractivity contribution in [1.29, 1.82) is 0 Å². The Morgan fingerprint density at radius 2 is 2.15 bits per heavy atom. The fraction of sp³-hybridized carbons (Fsp3) is 0.200. The molecule has 2 heterocycles. The monoisotopic (exact) mass is 356 g/mol. The van der Waals surface area contributed by atoms with Crippen molar-refractivity contribution in [3.8, 4) is 11.6 Å². The molecule has 0 saturated carbocycles. The zero-order valence-corrected chi connectivity index (χ0v) is 14.1. The van der Waals surface area contributed by atoms with Gasteiger partial charge in [-0.3, -0.25) is 4.79 Å². The summed E-state index contributed by atoms with van der Waals surface area (Å²) in [6, 6.07) is 7.28. The largest absolute Gasteiger partial charge is 0.494 e. The highest BCUT2D eigenvalue weighted by atomic mass is 16.6. The number of anilines is 1. The molecule has 0 saturated heterocycles. The third-order valence-electron chi connectivity index (χ3n) is 3.38. The minimum Gasteiger partial charge on any atom is -0.494 e. The first-order chi connectivity index (χ1) is 12.6. The normalized spacial score (nSPS) is 11.0. The summed E-state index contributed by atoms with van der Waals surface area (Å²) in [6.45, 7) is 4.15. The highest BCUT2D eigenvalue weighted by Gasteiger charge is 2.20. The number of nitrogen functional groups attached to an aromatic ring is 1. The van der Waals surface area contributed by atoms with Gasteiger partial charge in [0.2, 0.25) is 11.6 Å². The summed E-state index contributed by atoms with van der Waals surface area (Å²) >= 11 is 0. The van der Waals surface area contributed by atoms with Gasteiger partial charge in [-0.2, -0.15) is 9.78 Å². The third kappa shape index (κ3) is 3.50. The Bertz CT molecular complexity index is 929. The van der Waals surface area contributed by atoms with Crippen molar-refractivity contribution in [1.82, 2.24) is 30.7 Å². The molecule has 2 aromatic heterocycles. The number of benzene rings is 1. The molecule has 0 fully saturated rings. The molecule has 0 aliphatic heterocycles. The Kier molecular flexibility index (Phi) is 4.87. The number of carbonyl (C=O) groups excluding carboxylic acids is 1. The van der Waals surface area contributed by atoms with Gasteiger partial charge in [0.15, 0.2) is 5.69 Å². The fourth-order valence-electron chi connectivity index (χ4n) is 2.11. The smallest absolute Gasteiger partial charge is 0.293 e. The molecule has 0 atom stereocenters. The number of hydrazone groups is 1. The number of amides is 1. The van der Waals surface area contributed by atoms with Crippen LogP contribution < -0.4 is 15.9 Å². The number of hydrogen-bond donors (Lipinski definition) is 2. The molecule has 0 aliphatic rings. The van der Waals surface area contributed by atoms with Gasteiger partial charge in [-0.1, -0.05) is 5.21 Å². The molecule has 0 bridgehead atoms. The van der Waals surface area contributed by atoms with E-state index in [1.54, 1.807) is 6.92 Å². The van der Waals surface area contributed by atoms with E-state index >= 15 is 0 Å². The molecule has 11 nitrogen and oxygen atoms in total. The molecule has 0 spiro atoms. The molecule has 1 amide bonds. The quantitative estimate of drug-likeness (QED) is 0.485. The second-order valence-electron chi connectivity index (χ2n) is 5.11. The summed E-state index contributed by atoms with van der Waals surface area (Å²) in [4.78, 5) is 12.2. The lowest BCUT2D eigenvalue weighted by atomic mass is 10.2. The summed E-state index contributed by atoms with van der Waals surface area (Å²) < 4.78 is 11.1. The number of nitrogens with two attached hydrogens (primary N) is 1. The molecule has 26 heavy (non-hydrogen) atoms. The number of aromatic nitrogens is 5. The second-order valence-corrected chi connectivity index (χ2v) is 5.11. The second kappa shape index (κ2) is 7.42. The Morgan fingerprint density at radius 3 is 2.81 bits per heavy atom. The van der Waals surface area contributed by atoms with Gasteiger partial charge in [0.05, 0.1) is 18.5 Å². The van der Waals surface area contributed by atoms with Crippen LogP contribution in [0.25, 0.3) is 5.82 Å². The average molecular weight is 356 g/mol. The molecule has 134 valence electrons.